The number of fused-ring (bicyclic) bond motifs is 9. The quantitative estimate of drug-likeness (QED) is 0.195. The zero-order chi connectivity index (χ0) is 32.9. The highest BCUT2D eigenvalue weighted by atomic mass is 16.1. The summed E-state index contributed by atoms with van der Waals surface area (Å²) in [5, 5.41) is 3.85. The Kier molecular flexibility index (Phi) is 5.71. The monoisotopic (exact) mass is 630 g/mol. The van der Waals surface area contributed by atoms with Crippen molar-refractivity contribution < 1.29 is 0 Å². The van der Waals surface area contributed by atoms with E-state index in [0.717, 1.165) is 60.6 Å². The van der Waals surface area contributed by atoms with Crippen LogP contribution >= 0.6 is 0 Å². The summed E-state index contributed by atoms with van der Waals surface area (Å²) >= 11 is 0. The molecule has 232 valence electrons. The van der Waals surface area contributed by atoms with E-state index in [1.54, 1.807) is 0 Å². The first kappa shape index (κ1) is 27.8. The Labute approximate surface area is 282 Å². The Bertz CT molecular complexity index is 2880. The Morgan fingerprint density at radius 3 is 1.94 bits per heavy atom. The number of aromatic nitrogens is 4. The summed E-state index contributed by atoms with van der Waals surface area (Å²) in [5.74, 6) is 0.465. The van der Waals surface area contributed by atoms with Gasteiger partial charge in [-0.2, -0.15) is 0 Å². The molecule has 0 bridgehead atoms. The molecule has 49 heavy (non-hydrogen) atoms. The predicted octanol–water partition coefficient (Wildman–Crippen LogP) is 10.0. The fourth-order valence-corrected chi connectivity index (χ4v) is 8.16. The molecule has 0 radical (unpaired) electrons. The average Bonchev–Trinajstić information content (AvgIpc) is 3.62. The second-order valence-electron chi connectivity index (χ2n) is 13.4. The highest BCUT2D eigenvalue weighted by Gasteiger charge is 2.37. The third kappa shape index (κ3) is 3.78. The molecule has 0 atom stereocenters. The summed E-state index contributed by atoms with van der Waals surface area (Å²) < 4.78 is 3.90. The SMILES string of the molecule is CC1(C)c2ccccc2-c2c(-n3c(=O)c4c(c5ccccc53)c3ccccc3n4-c3nc(-c4ccccc4)c4ccccc4n3)cccc21. The number of pyridine rings is 1. The summed E-state index contributed by atoms with van der Waals surface area (Å²) in [6, 6.07) is 49.7. The first-order chi connectivity index (χ1) is 24.0. The van der Waals surface area contributed by atoms with Crippen molar-refractivity contribution in [2.75, 3.05) is 0 Å². The van der Waals surface area contributed by atoms with Crippen LogP contribution in [0.25, 0.3) is 77.6 Å². The van der Waals surface area contributed by atoms with E-state index >= 15 is 4.79 Å². The fraction of sp³-hybridized carbons (Fsp3) is 0.0682. The van der Waals surface area contributed by atoms with Gasteiger partial charge in [-0.15, -0.1) is 0 Å². The van der Waals surface area contributed by atoms with Crippen molar-refractivity contribution in [2.24, 2.45) is 0 Å². The first-order valence-electron chi connectivity index (χ1n) is 16.7. The van der Waals surface area contributed by atoms with Crippen LogP contribution in [-0.2, 0) is 5.41 Å². The van der Waals surface area contributed by atoms with Crippen LogP contribution in [0, 0.1) is 0 Å². The van der Waals surface area contributed by atoms with E-state index in [-0.39, 0.29) is 11.0 Å². The lowest BCUT2D eigenvalue weighted by Crippen LogP contribution is -2.22. The number of nitrogens with zero attached hydrogens (tertiary/aromatic N) is 4. The maximum atomic E-state index is 15.5. The van der Waals surface area contributed by atoms with Crippen LogP contribution in [-0.4, -0.2) is 19.1 Å². The van der Waals surface area contributed by atoms with Crippen molar-refractivity contribution in [2.45, 2.75) is 19.3 Å². The van der Waals surface area contributed by atoms with Crippen LogP contribution in [0.1, 0.15) is 25.0 Å². The van der Waals surface area contributed by atoms with Gasteiger partial charge in [0, 0.05) is 38.1 Å². The van der Waals surface area contributed by atoms with Crippen molar-refractivity contribution in [3.05, 3.63) is 167 Å². The molecule has 6 aromatic carbocycles. The molecule has 5 heteroatoms. The molecule has 1 aliphatic rings. The van der Waals surface area contributed by atoms with E-state index in [0.29, 0.717) is 11.5 Å². The highest BCUT2D eigenvalue weighted by molar-refractivity contribution is 6.20. The minimum atomic E-state index is -0.201. The Hall–Kier alpha value is -6.33. The molecule has 0 saturated carbocycles. The van der Waals surface area contributed by atoms with Gasteiger partial charge in [0.1, 0.15) is 5.52 Å². The van der Waals surface area contributed by atoms with Gasteiger partial charge in [-0.25, -0.2) is 9.97 Å². The Morgan fingerprint density at radius 2 is 1.16 bits per heavy atom. The summed E-state index contributed by atoms with van der Waals surface area (Å²) in [5.41, 5.74) is 10.3. The van der Waals surface area contributed by atoms with E-state index in [4.69, 9.17) is 9.97 Å². The normalized spacial score (nSPS) is 13.3. The van der Waals surface area contributed by atoms with E-state index in [1.165, 1.54) is 16.7 Å². The minimum absolute atomic E-state index is 0.112. The number of para-hydroxylation sites is 3. The summed E-state index contributed by atoms with van der Waals surface area (Å²) in [4.78, 5) is 25.9. The van der Waals surface area contributed by atoms with E-state index in [1.807, 2.05) is 63.7 Å². The van der Waals surface area contributed by atoms with E-state index in [9.17, 15) is 0 Å². The molecule has 3 aromatic heterocycles. The molecule has 3 heterocycles. The number of hydrogen-bond donors (Lipinski definition) is 0. The molecule has 0 unspecified atom stereocenters. The van der Waals surface area contributed by atoms with Crippen molar-refractivity contribution in [3.8, 4) is 34.0 Å². The molecule has 1 aliphatic carbocycles. The first-order valence-corrected chi connectivity index (χ1v) is 16.7. The third-order valence-corrected chi connectivity index (χ3v) is 10.4. The third-order valence-electron chi connectivity index (χ3n) is 10.4. The lowest BCUT2D eigenvalue weighted by molar-refractivity contribution is 0.660. The van der Waals surface area contributed by atoms with Crippen LogP contribution in [0.2, 0.25) is 0 Å². The molecule has 0 spiro atoms. The Morgan fingerprint density at radius 1 is 0.551 bits per heavy atom. The molecule has 0 saturated heterocycles. The van der Waals surface area contributed by atoms with Crippen molar-refractivity contribution in [1.82, 2.24) is 19.1 Å². The molecule has 0 fully saturated rings. The molecule has 0 aliphatic heterocycles. The zero-order valence-corrected chi connectivity index (χ0v) is 27.1. The maximum absolute atomic E-state index is 15.5. The van der Waals surface area contributed by atoms with Crippen LogP contribution in [0.3, 0.4) is 0 Å². The van der Waals surface area contributed by atoms with E-state index in [2.05, 4.69) is 105 Å². The van der Waals surface area contributed by atoms with Gasteiger partial charge in [-0.3, -0.25) is 13.9 Å². The topological polar surface area (TPSA) is 52.7 Å². The maximum Gasteiger partial charge on any atom is 0.280 e. The van der Waals surface area contributed by atoms with Crippen LogP contribution < -0.4 is 5.56 Å². The molecule has 0 N–H and O–H groups in total. The van der Waals surface area contributed by atoms with Gasteiger partial charge in [-0.1, -0.05) is 135 Å². The largest absolute Gasteiger partial charge is 0.280 e. The second kappa shape index (κ2) is 10.1. The van der Waals surface area contributed by atoms with Crippen LogP contribution in [0.15, 0.2) is 150 Å². The second-order valence-corrected chi connectivity index (χ2v) is 13.4. The molecular formula is C44H30N4O. The van der Waals surface area contributed by atoms with Gasteiger partial charge in [0.15, 0.2) is 0 Å². The van der Waals surface area contributed by atoms with Gasteiger partial charge in [0.2, 0.25) is 5.95 Å². The van der Waals surface area contributed by atoms with Gasteiger partial charge in [0.05, 0.1) is 27.9 Å². The standard InChI is InChI=1S/C44H30N4O/c1-44(2)32-21-10-6-17-28(32)39-33(44)22-14-26-37(39)47-35-24-12-8-19-30(35)38-31-20-9-13-25-36(31)48(41(38)42(47)49)43-45-34-23-11-7-18-29(34)40(46-43)27-15-4-3-5-16-27/h3-26H,1-2H3. The predicted molar refractivity (Wildman–Crippen MR) is 200 cm³/mol. The van der Waals surface area contributed by atoms with Crippen LogP contribution in [0.4, 0.5) is 0 Å². The van der Waals surface area contributed by atoms with E-state index < -0.39 is 0 Å². The molecule has 10 rings (SSSR count). The molecule has 0 amide bonds. The fourth-order valence-electron chi connectivity index (χ4n) is 8.16. The summed E-state index contributed by atoms with van der Waals surface area (Å²) in [6.07, 6.45) is 0. The van der Waals surface area contributed by atoms with Gasteiger partial charge < -0.3 is 0 Å². The number of rotatable bonds is 3. The molecular weight excluding hydrogens is 601 g/mol. The number of hydrogen-bond acceptors (Lipinski definition) is 3. The molecule has 9 aromatic rings. The summed E-state index contributed by atoms with van der Waals surface area (Å²) in [6.45, 7) is 4.54. The molecule has 5 nitrogen and oxygen atoms in total. The Balaban J connectivity index is 1.38. The number of benzene rings is 6. The van der Waals surface area contributed by atoms with Gasteiger partial charge >= 0.3 is 0 Å². The van der Waals surface area contributed by atoms with Crippen molar-refractivity contribution in [1.29, 1.82) is 0 Å². The minimum Gasteiger partial charge on any atom is -0.274 e. The average molecular weight is 631 g/mol. The summed E-state index contributed by atoms with van der Waals surface area (Å²) in [7, 11) is 0. The van der Waals surface area contributed by atoms with Gasteiger partial charge in [-0.05, 0) is 41.0 Å². The van der Waals surface area contributed by atoms with Crippen molar-refractivity contribution in [3.63, 3.8) is 0 Å². The smallest absolute Gasteiger partial charge is 0.274 e. The zero-order valence-electron chi connectivity index (χ0n) is 27.1. The van der Waals surface area contributed by atoms with Crippen LogP contribution in [0.5, 0.6) is 0 Å². The highest BCUT2D eigenvalue weighted by Crippen LogP contribution is 2.51. The van der Waals surface area contributed by atoms with Gasteiger partial charge in [0.25, 0.3) is 5.56 Å². The lowest BCUT2D eigenvalue weighted by atomic mass is 9.82. The lowest BCUT2D eigenvalue weighted by Gasteiger charge is -2.22. The van der Waals surface area contributed by atoms with Crippen molar-refractivity contribution >= 4 is 43.6 Å².